The number of halogens is 1. The number of benzene rings is 2. The van der Waals surface area contributed by atoms with Gasteiger partial charge in [0.2, 0.25) is 0 Å². The Kier molecular flexibility index (Phi) is 5.62. The van der Waals surface area contributed by atoms with E-state index in [9.17, 15) is 22.4 Å². The molecule has 2 heterocycles. The molecule has 1 aliphatic heterocycles. The number of rotatable bonds is 7. The highest BCUT2D eigenvalue weighted by molar-refractivity contribution is 7.92. The molecule has 0 bridgehead atoms. The SMILES string of the molecule is CCOc1ccccc1NS(=O)(=O)c1cc(F)ccc1CN1C(=O)c2cccnc2C1=O. The van der Waals surface area contributed by atoms with Gasteiger partial charge < -0.3 is 4.74 Å². The van der Waals surface area contributed by atoms with Crippen molar-refractivity contribution in [3.05, 3.63) is 83.4 Å². The Morgan fingerprint density at radius 2 is 1.84 bits per heavy atom. The molecule has 2 amide bonds. The molecule has 0 saturated heterocycles. The summed E-state index contributed by atoms with van der Waals surface area (Å²) in [5.41, 5.74) is 0.373. The first-order valence-corrected chi connectivity index (χ1v) is 11.1. The highest BCUT2D eigenvalue weighted by atomic mass is 32.2. The lowest BCUT2D eigenvalue weighted by Gasteiger charge is -2.18. The van der Waals surface area contributed by atoms with Gasteiger partial charge in [-0.3, -0.25) is 24.2 Å². The number of nitrogens with zero attached hydrogens (tertiary/aromatic N) is 2. The predicted octanol–water partition coefficient (Wildman–Crippen LogP) is 3.22. The quantitative estimate of drug-likeness (QED) is 0.549. The maximum atomic E-state index is 14.0. The van der Waals surface area contributed by atoms with Crippen LogP contribution in [0.1, 0.15) is 33.3 Å². The predicted molar refractivity (Wildman–Crippen MR) is 113 cm³/mol. The monoisotopic (exact) mass is 455 g/mol. The molecule has 3 aromatic rings. The van der Waals surface area contributed by atoms with Crippen molar-refractivity contribution >= 4 is 27.5 Å². The van der Waals surface area contributed by atoms with Gasteiger partial charge in [0.25, 0.3) is 21.8 Å². The van der Waals surface area contributed by atoms with E-state index in [-0.39, 0.29) is 29.1 Å². The number of ether oxygens (including phenoxy) is 1. The number of amides is 2. The summed E-state index contributed by atoms with van der Waals surface area (Å²) >= 11 is 0. The van der Waals surface area contributed by atoms with E-state index in [0.717, 1.165) is 17.0 Å². The molecule has 0 spiro atoms. The van der Waals surface area contributed by atoms with Crippen molar-refractivity contribution in [3.63, 3.8) is 0 Å². The second-order valence-corrected chi connectivity index (χ2v) is 8.53. The van der Waals surface area contributed by atoms with E-state index < -0.39 is 32.6 Å². The summed E-state index contributed by atoms with van der Waals surface area (Å²) in [6.07, 6.45) is 1.39. The third-order valence-corrected chi connectivity index (χ3v) is 6.26. The molecule has 4 rings (SSSR count). The number of pyridine rings is 1. The van der Waals surface area contributed by atoms with Gasteiger partial charge in [-0.2, -0.15) is 0 Å². The molecule has 8 nitrogen and oxygen atoms in total. The van der Waals surface area contributed by atoms with Gasteiger partial charge >= 0.3 is 0 Å². The number of aromatic nitrogens is 1. The number of nitrogens with one attached hydrogen (secondary N) is 1. The Morgan fingerprint density at radius 1 is 1.06 bits per heavy atom. The molecule has 0 atom stereocenters. The van der Waals surface area contributed by atoms with E-state index in [2.05, 4.69) is 9.71 Å². The van der Waals surface area contributed by atoms with Crippen LogP contribution < -0.4 is 9.46 Å². The van der Waals surface area contributed by atoms with Crippen LogP contribution in [-0.2, 0) is 16.6 Å². The van der Waals surface area contributed by atoms with Crippen molar-refractivity contribution in [3.8, 4) is 5.75 Å². The molecular weight excluding hydrogens is 437 g/mol. The fourth-order valence-electron chi connectivity index (χ4n) is 3.37. The molecule has 0 saturated carbocycles. The fraction of sp³-hybridized carbons (Fsp3) is 0.136. The molecule has 1 aliphatic rings. The van der Waals surface area contributed by atoms with Crippen LogP contribution in [0.25, 0.3) is 0 Å². The molecule has 0 aliphatic carbocycles. The van der Waals surface area contributed by atoms with Crippen molar-refractivity contribution in [2.45, 2.75) is 18.4 Å². The van der Waals surface area contributed by atoms with Crippen LogP contribution in [-0.4, -0.2) is 36.7 Å². The van der Waals surface area contributed by atoms with Crippen LogP contribution in [0.5, 0.6) is 5.75 Å². The first-order chi connectivity index (χ1) is 15.3. The average Bonchev–Trinajstić information content (AvgIpc) is 3.01. The molecule has 0 fully saturated rings. The van der Waals surface area contributed by atoms with Crippen LogP contribution >= 0.6 is 0 Å². The second kappa shape index (κ2) is 8.39. The minimum absolute atomic E-state index is 0.00668. The van der Waals surface area contributed by atoms with Gasteiger partial charge in [0.1, 0.15) is 17.3 Å². The number of carbonyl (C=O) groups excluding carboxylic acids is 2. The number of fused-ring (bicyclic) bond motifs is 1. The van der Waals surface area contributed by atoms with Crippen molar-refractivity contribution in [2.75, 3.05) is 11.3 Å². The number of anilines is 1. The lowest BCUT2D eigenvalue weighted by Crippen LogP contribution is -2.30. The summed E-state index contributed by atoms with van der Waals surface area (Å²) in [4.78, 5) is 29.7. The topological polar surface area (TPSA) is 106 Å². The summed E-state index contributed by atoms with van der Waals surface area (Å²) in [5, 5.41) is 0. The van der Waals surface area contributed by atoms with Crippen LogP contribution in [0.3, 0.4) is 0 Å². The maximum absolute atomic E-state index is 14.0. The highest BCUT2D eigenvalue weighted by Crippen LogP contribution is 2.30. The molecule has 1 aromatic heterocycles. The molecule has 2 aromatic carbocycles. The first kappa shape index (κ1) is 21.4. The van der Waals surface area contributed by atoms with E-state index in [1.807, 2.05) is 0 Å². The Bertz CT molecular complexity index is 1290. The lowest BCUT2D eigenvalue weighted by molar-refractivity contribution is 0.0639. The fourth-order valence-corrected chi connectivity index (χ4v) is 4.68. The van der Waals surface area contributed by atoms with Gasteiger partial charge in [-0.15, -0.1) is 0 Å². The molecular formula is C22H18FN3O5S. The molecule has 10 heteroatoms. The van der Waals surface area contributed by atoms with Crippen LogP contribution in [0.15, 0.2) is 65.7 Å². The smallest absolute Gasteiger partial charge is 0.280 e. The molecule has 32 heavy (non-hydrogen) atoms. The number of para-hydroxylation sites is 2. The molecule has 0 unspecified atom stereocenters. The number of hydrogen-bond acceptors (Lipinski definition) is 6. The summed E-state index contributed by atoms with van der Waals surface area (Å²) in [7, 11) is -4.29. The van der Waals surface area contributed by atoms with E-state index >= 15 is 0 Å². The largest absolute Gasteiger partial charge is 0.492 e. The summed E-state index contributed by atoms with van der Waals surface area (Å²) in [6, 6.07) is 12.6. The summed E-state index contributed by atoms with van der Waals surface area (Å²) in [5.74, 6) is -1.72. The Balaban J connectivity index is 1.69. The Hall–Kier alpha value is -3.79. The number of carbonyl (C=O) groups is 2. The van der Waals surface area contributed by atoms with E-state index in [0.29, 0.717) is 12.4 Å². The number of hydrogen-bond donors (Lipinski definition) is 1. The minimum Gasteiger partial charge on any atom is -0.492 e. The van der Waals surface area contributed by atoms with Crippen LogP contribution in [0, 0.1) is 5.82 Å². The van der Waals surface area contributed by atoms with Gasteiger partial charge in [0.15, 0.2) is 0 Å². The molecule has 164 valence electrons. The van der Waals surface area contributed by atoms with Gasteiger partial charge in [-0.1, -0.05) is 18.2 Å². The van der Waals surface area contributed by atoms with Gasteiger partial charge in [0, 0.05) is 6.20 Å². The summed E-state index contributed by atoms with van der Waals surface area (Å²) < 4.78 is 48.2. The third kappa shape index (κ3) is 3.92. The summed E-state index contributed by atoms with van der Waals surface area (Å²) in [6.45, 7) is 1.71. The zero-order valence-corrected chi connectivity index (χ0v) is 17.7. The van der Waals surface area contributed by atoms with Crippen molar-refractivity contribution in [1.29, 1.82) is 0 Å². The Labute approximate surface area is 183 Å². The van der Waals surface area contributed by atoms with Gasteiger partial charge in [-0.25, -0.2) is 12.8 Å². The normalized spacial score (nSPS) is 13.2. The highest BCUT2D eigenvalue weighted by Gasteiger charge is 2.37. The second-order valence-electron chi connectivity index (χ2n) is 6.88. The van der Waals surface area contributed by atoms with Gasteiger partial charge in [-0.05, 0) is 48.9 Å². The lowest BCUT2D eigenvalue weighted by atomic mass is 10.2. The average molecular weight is 455 g/mol. The van der Waals surface area contributed by atoms with Crippen molar-refractivity contribution in [1.82, 2.24) is 9.88 Å². The van der Waals surface area contributed by atoms with Crippen molar-refractivity contribution in [2.24, 2.45) is 0 Å². The van der Waals surface area contributed by atoms with Gasteiger partial charge in [0.05, 0.1) is 29.3 Å². The van der Waals surface area contributed by atoms with Crippen LogP contribution in [0.4, 0.5) is 10.1 Å². The first-order valence-electron chi connectivity index (χ1n) is 9.66. The van der Waals surface area contributed by atoms with Crippen LogP contribution in [0.2, 0.25) is 0 Å². The van der Waals surface area contributed by atoms with E-state index in [1.54, 1.807) is 25.1 Å². The number of imide groups is 1. The standard InChI is InChI=1S/C22H18FN3O5S/c1-2-31-18-8-4-3-7-17(18)25-32(29,30)19-12-15(23)10-9-14(19)13-26-21(27)16-6-5-11-24-20(16)22(26)28/h3-12,25H,2,13H2,1H3. The zero-order valence-electron chi connectivity index (χ0n) is 16.9. The minimum atomic E-state index is -4.29. The number of sulfonamides is 1. The molecule has 0 radical (unpaired) electrons. The van der Waals surface area contributed by atoms with Crippen molar-refractivity contribution < 1.29 is 27.1 Å². The van der Waals surface area contributed by atoms with E-state index in [1.165, 1.54) is 30.5 Å². The molecule has 1 N–H and O–H groups in total. The maximum Gasteiger partial charge on any atom is 0.280 e. The zero-order chi connectivity index (χ0) is 22.9. The third-order valence-electron chi connectivity index (χ3n) is 4.81. The Morgan fingerprint density at radius 3 is 2.59 bits per heavy atom. The van der Waals surface area contributed by atoms with E-state index in [4.69, 9.17) is 4.74 Å².